The predicted octanol–water partition coefficient (Wildman–Crippen LogP) is 0.310. The number of aryl methyl sites for hydroxylation is 1. The topological polar surface area (TPSA) is 43.8 Å². The van der Waals surface area contributed by atoms with E-state index in [0.29, 0.717) is 0 Å². The van der Waals surface area contributed by atoms with Crippen molar-refractivity contribution in [1.82, 2.24) is 9.55 Å². The maximum Gasteiger partial charge on any atom is 0.0945 e. The van der Waals surface area contributed by atoms with Gasteiger partial charge in [-0.2, -0.15) is 0 Å². The van der Waals surface area contributed by atoms with Crippen molar-refractivity contribution < 1.29 is 0 Å². The molecule has 0 aliphatic heterocycles. The second kappa shape index (κ2) is 2.84. The lowest BCUT2D eigenvalue weighted by Gasteiger charge is -2.03. The highest BCUT2D eigenvalue weighted by atomic mass is 15.0. The summed E-state index contributed by atoms with van der Waals surface area (Å²) in [5.41, 5.74) is 6.80. The molecule has 3 nitrogen and oxygen atoms in total. The van der Waals surface area contributed by atoms with Crippen molar-refractivity contribution in [2.24, 2.45) is 12.8 Å². The third-order valence-electron chi connectivity index (χ3n) is 1.45. The molecule has 0 amide bonds. The van der Waals surface area contributed by atoms with E-state index in [1.165, 1.54) is 5.69 Å². The van der Waals surface area contributed by atoms with E-state index in [0.717, 1.165) is 6.42 Å². The van der Waals surface area contributed by atoms with Crippen molar-refractivity contribution >= 4 is 0 Å². The zero-order valence-electron chi connectivity index (χ0n) is 6.41. The summed E-state index contributed by atoms with van der Waals surface area (Å²) in [6.07, 6.45) is 4.54. The van der Waals surface area contributed by atoms with Crippen LogP contribution in [0.3, 0.4) is 0 Å². The molecule has 0 bridgehead atoms. The van der Waals surface area contributed by atoms with Gasteiger partial charge in [0.2, 0.25) is 0 Å². The van der Waals surface area contributed by atoms with Crippen LogP contribution in [0.1, 0.15) is 12.6 Å². The smallest absolute Gasteiger partial charge is 0.0945 e. The van der Waals surface area contributed by atoms with Crippen LogP contribution in [-0.2, 0) is 13.5 Å². The van der Waals surface area contributed by atoms with Crippen molar-refractivity contribution in [3.05, 3.63) is 18.2 Å². The number of rotatable bonds is 2. The number of imidazole rings is 1. The summed E-state index contributed by atoms with van der Waals surface area (Å²) in [4.78, 5) is 3.98. The van der Waals surface area contributed by atoms with Gasteiger partial charge in [-0.1, -0.05) is 0 Å². The zero-order chi connectivity index (χ0) is 7.56. The summed E-state index contributed by atoms with van der Waals surface area (Å²) in [7, 11) is 1.98. The lowest BCUT2D eigenvalue weighted by molar-refractivity contribution is 0.690. The fourth-order valence-electron chi connectivity index (χ4n) is 0.911. The molecule has 0 unspecified atom stereocenters. The zero-order valence-corrected chi connectivity index (χ0v) is 6.41. The van der Waals surface area contributed by atoms with E-state index in [9.17, 15) is 0 Å². The van der Waals surface area contributed by atoms with Gasteiger partial charge >= 0.3 is 0 Å². The quantitative estimate of drug-likeness (QED) is 0.640. The largest absolute Gasteiger partial charge is 0.338 e. The molecule has 0 saturated heterocycles. The first kappa shape index (κ1) is 7.28. The Balaban J connectivity index is 2.65. The standard InChI is InChI=1S/C7H13N3/c1-6(8)3-7-4-9-5-10(7)2/h4-6H,3,8H2,1-2H3/t6-/m1/s1. The minimum Gasteiger partial charge on any atom is -0.338 e. The van der Waals surface area contributed by atoms with Crippen molar-refractivity contribution in [2.75, 3.05) is 0 Å². The van der Waals surface area contributed by atoms with Crippen molar-refractivity contribution in [2.45, 2.75) is 19.4 Å². The van der Waals surface area contributed by atoms with Crippen LogP contribution in [-0.4, -0.2) is 15.6 Å². The Labute approximate surface area is 60.9 Å². The highest BCUT2D eigenvalue weighted by molar-refractivity contribution is 4.99. The molecule has 0 aromatic carbocycles. The molecule has 0 spiro atoms. The Morgan fingerprint density at radius 3 is 2.90 bits per heavy atom. The van der Waals surface area contributed by atoms with Gasteiger partial charge in [0.1, 0.15) is 0 Å². The lowest BCUT2D eigenvalue weighted by atomic mass is 10.2. The van der Waals surface area contributed by atoms with Crippen LogP contribution in [0.4, 0.5) is 0 Å². The molecule has 1 aromatic heterocycles. The minimum absolute atomic E-state index is 0.218. The molecule has 10 heavy (non-hydrogen) atoms. The Kier molecular flexibility index (Phi) is 2.06. The minimum atomic E-state index is 0.218. The average Bonchev–Trinajstić information content (AvgIpc) is 2.15. The van der Waals surface area contributed by atoms with Gasteiger partial charge in [0, 0.05) is 31.4 Å². The third kappa shape index (κ3) is 1.57. The molecule has 1 heterocycles. The molecular formula is C7H13N3. The number of aromatic nitrogens is 2. The number of nitrogens with zero attached hydrogens (tertiary/aromatic N) is 2. The highest BCUT2D eigenvalue weighted by Crippen LogP contribution is 1.98. The molecule has 1 aromatic rings. The molecule has 0 saturated carbocycles. The third-order valence-corrected chi connectivity index (χ3v) is 1.45. The van der Waals surface area contributed by atoms with E-state index in [1.807, 2.05) is 24.7 Å². The summed E-state index contributed by atoms with van der Waals surface area (Å²) in [6, 6.07) is 0.218. The lowest BCUT2D eigenvalue weighted by Crippen LogP contribution is -2.19. The molecule has 1 rings (SSSR count). The van der Waals surface area contributed by atoms with Crippen LogP contribution in [0.5, 0.6) is 0 Å². The maximum absolute atomic E-state index is 5.61. The average molecular weight is 139 g/mol. The Bertz CT molecular complexity index is 202. The summed E-state index contributed by atoms with van der Waals surface area (Å²) >= 11 is 0. The van der Waals surface area contributed by atoms with Gasteiger partial charge in [0.15, 0.2) is 0 Å². The highest BCUT2D eigenvalue weighted by Gasteiger charge is 2.00. The second-order valence-corrected chi connectivity index (χ2v) is 2.68. The maximum atomic E-state index is 5.61. The first-order chi connectivity index (χ1) is 4.70. The van der Waals surface area contributed by atoms with Crippen LogP contribution < -0.4 is 5.73 Å². The van der Waals surface area contributed by atoms with Gasteiger partial charge in [0.25, 0.3) is 0 Å². The van der Waals surface area contributed by atoms with Gasteiger partial charge in [-0.3, -0.25) is 0 Å². The molecule has 1 atom stereocenters. The molecule has 2 N–H and O–H groups in total. The van der Waals surface area contributed by atoms with Gasteiger partial charge < -0.3 is 10.3 Å². The summed E-state index contributed by atoms with van der Waals surface area (Å²) in [6.45, 7) is 1.99. The SMILES string of the molecule is C[C@@H](N)Cc1cncn1C. The van der Waals surface area contributed by atoms with Crippen LogP contribution in [0.15, 0.2) is 12.5 Å². The second-order valence-electron chi connectivity index (χ2n) is 2.68. The van der Waals surface area contributed by atoms with E-state index in [-0.39, 0.29) is 6.04 Å². The summed E-state index contributed by atoms with van der Waals surface area (Å²) in [5.74, 6) is 0. The normalized spacial score (nSPS) is 13.5. The Hall–Kier alpha value is -0.830. The van der Waals surface area contributed by atoms with Crippen molar-refractivity contribution in [1.29, 1.82) is 0 Å². The van der Waals surface area contributed by atoms with Crippen molar-refractivity contribution in [3.63, 3.8) is 0 Å². The Morgan fingerprint density at radius 2 is 2.50 bits per heavy atom. The van der Waals surface area contributed by atoms with E-state index >= 15 is 0 Å². The fraction of sp³-hybridized carbons (Fsp3) is 0.571. The van der Waals surface area contributed by atoms with Crippen LogP contribution in [0.25, 0.3) is 0 Å². The van der Waals surface area contributed by atoms with Gasteiger partial charge in [-0.15, -0.1) is 0 Å². The molecule has 0 aliphatic carbocycles. The first-order valence-corrected chi connectivity index (χ1v) is 3.41. The Morgan fingerprint density at radius 1 is 1.80 bits per heavy atom. The van der Waals surface area contributed by atoms with Gasteiger partial charge in [-0.25, -0.2) is 4.98 Å². The number of hydrogen-bond acceptors (Lipinski definition) is 2. The van der Waals surface area contributed by atoms with Gasteiger partial charge in [-0.05, 0) is 6.92 Å². The molecule has 56 valence electrons. The van der Waals surface area contributed by atoms with E-state index < -0.39 is 0 Å². The molecule has 0 fully saturated rings. The first-order valence-electron chi connectivity index (χ1n) is 3.41. The van der Waals surface area contributed by atoms with Crippen LogP contribution in [0.2, 0.25) is 0 Å². The molecule has 0 radical (unpaired) electrons. The summed E-state index contributed by atoms with van der Waals surface area (Å²) < 4.78 is 1.99. The van der Waals surface area contributed by atoms with Crippen LogP contribution >= 0.6 is 0 Å². The van der Waals surface area contributed by atoms with Gasteiger partial charge in [0.05, 0.1) is 6.33 Å². The fourth-order valence-corrected chi connectivity index (χ4v) is 0.911. The monoisotopic (exact) mass is 139 g/mol. The van der Waals surface area contributed by atoms with Crippen LogP contribution in [0, 0.1) is 0 Å². The summed E-state index contributed by atoms with van der Waals surface area (Å²) in [5, 5.41) is 0. The molecule has 0 aliphatic rings. The molecular weight excluding hydrogens is 126 g/mol. The molecule has 3 heteroatoms. The number of nitrogens with two attached hydrogens (primary N) is 1. The van der Waals surface area contributed by atoms with Crippen molar-refractivity contribution in [3.8, 4) is 0 Å². The van der Waals surface area contributed by atoms with E-state index in [4.69, 9.17) is 5.73 Å². The van der Waals surface area contributed by atoms with E-state index in [1.54, 1.807) is 6.33 Å². The number of hydrogen-bond donors (Lipinski definition) is 1. The van der Waals surface area contributed by atoms with E-state index in [2.05, 4.69) is 4.98 Å². The predicted molar refractivity (Wildman–Crippen MR) is 40.6 cm³/mol.